The number of sulfonamides is 1. The SMILES string of the molecule is N#Cc1ccc(S(=O)(=O)N2CCN(c3ccc(C#N)cc3[N+](=O)[O-])CC2)cc1. The van der Waals surface area contributed by atoms with E-state index < -0.39 is 14.9 Å². The van der Waals surface area contributed by atoms with Crippen LogP contribution in [0.15, 0.2) is 47.4 Å². The maximum absolute atomic E-state index is 12.8. The maximum atomic E-state index is 12.8. The molecule has 142 valence electrons. The van der Waals surface area contributed by atoms with Crippen molar-refractivity contribution in [2.24, 2.45) is 0 Å². The van der Waals surface area contributed by atoms with Crippen molar-refractivity contribution in [3.8, 4) is 12.1 Å². The second-order valence-corrected chi connectivity index (χ2v) is 8.04. The van der Waals surface area contributed by atoms with Crippen molar-refractivity contribution in [3.63, 3.8) is 0 Å². The zero-order valence-electron chi connectivity index (χ0n) is 14.6. The fourth-order valence-corrected chi connectivity index (χ4v) is 4.45. The minimum atomic E-state index is -3.71. The van der Waals surface area contributed by atoms with Gasteiger partial charge in [-0.2, -0.15) is 14.8 Å². The molecule has 0 bridgehead atoms. The summed E-state index contributed by atoms with van der Waals surface area (Å²) in [5.41, 5.74) is 0.747. The van der Waals surface area contributed by atoms with E-state index in [1.807, 2.05) is 12.1 Å². The molecule has 0 saturated carbocycles. The van der Waals surface area contributed by atoms with Crippen LogP contribution in [0.2, 0.25) is 0 Å². The van der Waals surface area contributed by atoms with Gasteiger partial charge in [-0.1, -0.05) is 0 Å². The van der Waals surface area contributed by atoms with Crippen LogP contribution in [0.1, 0.15) is 11.1 Å². The monoisotopic (exact) mass is 397 g/mol. The van der Waals surface area contributed by atoms with Gasteiger partial charge in [0.15, 0.2) is 0 Å². The molecule has 1 aliphatic heterocycles. The summed E-state index contributed by atoms with van der Waals surface area (Å²) < 4.78 is 26.9. The van der Waals surface area contributed by atoms with E-state index in [2.05, 4.69) is 0 Å². The van der Waals surface area contributed by atoms with Crippen LogP contribution in [-0.2, 0) is 10.0 Å². The summed E-state index contributed by atoms with van der Waals surface area (Å²) in [6.45, 7) is 0.892. The van der Waals surface area contributed by atoms with Gasteiger partial charge in [-0.15, -0.1) is 0 Å². The number of nitriles is 2. The van der Waals surface area contributed by atoms with Crippen molar-refractivity contribution in [1.29, 1.82) is 10.5 Å². The van der Waals surface area contributed by atoms with Gasteiger partial charge < -0.3 is 4.90 Å². The number of nitro benzene ring substituents is 1. The van der Waals surface area contributed by atoms with Gasteiger partial charge in [-0.3, -0.25) is 10.1 Å². The summed E-state index contributed by atoms with van der Waals surface area (Å²) in [5.74, 6) is 0. The highest BCUT2D eigenvalue weighted by molar-refractivity contribution is 7.89. The van der Waals surface area contributed by atoms with Gasteiger partial charge in [0.25, 0.3) is 5.69 Å². The van der Waals surface area contributed by atoms with Crippen LogP contribution in [0, 0.1) is 32.8 Å². The predicted molar refractivity (Wildman–Crippen MR) is 99.9 cm³/mol. The third-order valence-electron chi connectivity index (χ3n) is 4.50. The van der Waals surface area contributed by atoms with Crippen molar-refractivity contribution in [2.75, 3.05) is 31.1 Å². The van der Waals surface area contributed by atoms with Crippen molar-refractivity contribution in [3.05, 3.63) is 63.7 Å². The van der Waals surface area contributed by atoms with E-state index in [1.54, 1.807) is 4.90 Å². The van der Waals surface area contributed by atoms with Gasteiger partial charge in [0, 0.05) is 32.2 Å². The van der Waals surface area contributed by atoms with Crippen molar-refractivity contribution >= 4 is 21.4 Å². The van der Waals surface area contributed by atoms with E-state index in [4.69, 9.17) is 10.5 Å². The normalized spacial score (nSPS) is 14.9. The summed E-state index contributed by atoms with van der Waals surface area (Å²) in [7, 11) is -3.71. The zero-order chi connectivity index (χ0) is 20.3. The smallest absolute Gasteiger partial charge is 0.293 e. The highest BCUT2D eigenvalue weighted by Crippen LogP contribution is 2.30. The lowest BCUT2D eigenvalue weighted by Gasteiger charge is -2.35. The highest BCUT2D eigenvalue weighted by atomic mass is 32.2. The molecule has 1 heterocycles. The van der Waals surface area contributed by atoms with Gasteiger partial charge in [-0.05, 0) is 36.4 Å². The Balaban J connectivity index is 1.78. The Morgan fingerprint density at radius 1 is 0.929 bits per heavy atom. The standard InChI is InChI=1S/C18H15N5O4S/c19-12-14-1-4-16(5-2-14)28(26,27)22-9-7-21(8-10-22)17-6-3-15(13-20)11-18(17)23(24)25/h1-6,11H,7-10H2. The molecular weight excluding hydrogens is 382 g/mol. The number of anilines is 1. The average molecular weight is 397 g/mol. The van der Waals surface area contributed by atoms with Crippen LogP contribution in [0.25, 0.3) is 0 Å². The Morgan fingerprint density at radius 3 is 2.04 bits per heavy atom. The second-order valence-electron chi connectivity index (χ2n) is 6.10. The largest absolute Gasteiger partial charge is 0.363 e. The Labute approximate surface area is 161 Å². The molecule has 28 heavy (non-hydrogen) atoms. The summed E-state index contributed by atoms with van der Waals surface area (Å²) in [6, 6.07) is 13.7. The molecule has 0 N–H and O–H groups in total. The van der Waals surface area contributed by atoms with E-state index in [-0.39, 0.29) is 42.3 Å². The van der Waals surface area contributed by atoms with Crippen LogP contribution < -0.4 is 4.90 Å². The topological polar surface area (TPSA) is 131 Å². The van der Waals surface area contributed by atoms with E-state index in [0.29, 0.717) is 11.3 Å². The molecule has 1 fully saturated rings. The molecule has 2 aromatic rings. The number of rotatable bonds is 4. The van der Waals surface area contributed by atoms with Gasteiger partial charge >= 0.3 is 0 Å². The van der Waals surface area contributed by atoms with E-state index in [0.717, 1.165) is 0 Å². The molecule has 1 saturated heterocycles. The molecule has 9 nitrogen and oxygen atoms in total. The number of benzene rings is 2. The van der Waals surface area contributed by atoms with Crippen LogP contribution in [0.4, 0.5) is 11.4 Å². The molecule has 10 heteroatoms. The molecule has 1 aliphatic rings. The number of piperazine rings is 1. The van der Waals surface area contributed by atoms with Crippen molar-refractivity contribution in [1.82, 2.24) is 4.31 Å². The molecule has 0 amide bonds. The van der Waals surface area contributed by atoms with Gasteiger partial charge in [-0.25, -0.2) is 8.42 Å². The summed E-state index contributed by atoms with van der Waals surface area (Å²) in [6.07, 6.45) is 0. The fraction of sp³-hybridized carbons (Fsp3) is 0.222. The quantitative estimate of drug-likeness (QED) is 0.568. The average Bonchev–Trinajstić information content (AvgIpc) is 2.73. The lowest BCUT2D eigenvalue weighted by atomic mass is 10.1. The Hall–Kier alpha value is -3.47. The summed E-state index contributed by atoms with van der Waals surface area (Å²) >= 11 is 0. The van der Waals surface area contributed by atoms with E-state index in [9.17, 15) is 18.5 Å². The Kier molecular flexibility index (Phi) is 5.27. The fourth-order valence-electron chi connectivity index (χ4n) is 3.03. The molecular formula is C18H15N5O4S. The molecule has 0 aliphatic carbocycles. The third kappa shape index (κ3) is 3.64. The number of nitro groups is 1. The predicted octanol–water partition coefficient (Wildman–Crippen LogP) is 1.85. The van der Waals surface area contributed by atoms with Gasteiger partial charge in [0.2, 0.25) is 10.0 Å². The number of hydrogen-bond acceptors (Lipinski definition) is 7. The van der Waals surface area contributed by atoms with Crippen LogP contribution >= 0.6 is 0 Å². The van der Waals surface area contributed by atoms with Crippen LogP contribution in [0.5, 0.6) is 0 Å². The van der Waals surface area contributed by atoms with Gasteiger partial charge in [0.05, 0.1) is 33.1 Å². The molecule has 0 atom stereocenters. The van der Waals surface area contributed by atoms with E-state index >= 15 is 0 Å². The minimum Gasteiger partial charge on any atom is -0.363 e. The molecule has 2 aromatic carbocycles. The third-order valence-corrected chi connectivity index (χ3v) is 6.41. The molecule has 3 rings (SSSR count). The van der Waals surface area contributed by atoms with Crippen LogP contribution in [-0.4, -0.2) is 43.8 Å². The molecule has 0 radical (unpaired) electrons. The lowest BCUT2D eigenvalue weighted by molar-refractivity contribution is -0.384. The second kappa shape index (κ2) is 7.64. The highest BCUT2D eigenvalue weighted by Gasteiger charge is 2.30. The zero-order valence-corrected chi connectivity index (χ0v) is 15.5. The maximum Gasteiger partial charge on any atom is 0.293 e. The first-order chi connectivity index (χ1) is 13.4. The first-order valence-electron chi connectivity index (χ1n) is 8.30. The van der Waals surface area contributed by atoms with Gasteiger partial charge in [0.1, 0.15) is 5.69 Å². The van der Waals surface area contributed by atoms with Crippen molar-refractivity contribution < 1.29 is 13.3 Å². The summed E-state index contributed by atoms with van der Waals surface area (Å²) in [5, 5.41) is 29.1. The Morgan fingerprint density at radius 2 is 1.50 bits per heavy atom. The number of hydrogen-bond donors (Lipinski definition) is 0. The first-order valence-corrected chi connectivity index (χ1v) is 9.74. The van der Waals surface area contributed by atoms with Crippen LogP contribution in [0.3, 0.4) is 0 Å². The number of nitrogens with zero attached hydrogens (tertiary/aromatic N) is 5. The lowest BCUT2D eigenvalue weighted by Crippen LogP contribution is -2.48. The minimum absolute atomic E-state index is 0.101. The Bertz CT molecular complexity index is 1090. The van der Waals surface area contributed by atoms with Crippen molar-refractivity contribution in [2.45, 2.75) is 4.90 Å². The molecule has 0 unspecified atom stereocenters. The molecule has 0 spiro atoms. The molecule has 0 aromatic heterocycles. The van der Waals surface area contributed by atoms with E-state index in [1.165, 1.54) is 46.8 Å². The summed E-state index contributed by atoms with van der Waals surface area (Å²) in [4.78, 5) is 12.6. The first kappa shape index (κ1) is 19.3.